The Kier molecular flexibility index (Phi) is 12.1. The molecule has 1 aromatic rings. The topological polar surface area (TPSA) is 40.5 Å². The van der Waals surface area contributed by atoms with Gasteiger partial charge in [-0.2, -0.15) is 0 Å². The van der Waals surface area contributed by atoms with Gasteiger partial charge in [0.05, 0.1) is 0 Å². The number of aromatic hydroxyl groups is 2. The second kappa shape index (κ2) is 13.7. The van der Waals surface area contributed by atoms with E-state index in [0.717, 1.165) is 35.3 Å². The van der Waals surface area contributed by atoms with Crippen molar-refractivity contribution >= 4 is 0 Å². The van der Waals surface area contributed by atoms with Gasteiger partial charge in [-0.15, -0.1) is 0 Å². The van der Waals surface area contributed by atoms with Gasteiger partial charge in [0.15, 0.2) is 0 Å². The molecule has 166 valence electrons. The fourth-order valence-corrected chi connectivity index (χ4v) is 4.07. The van der Waals surface area contributed by atoms with Crippen molar-refractivity contribution in [2.75, 3.05) is 0 Å². The first-order valence-electron chi connectivity index (χ1n) is 11.9. The normalized spacial score (nSPS) is 14.4. The first kappa shape index (κ1) is 25.6. The predicted octanol–water partition coefficient (Wildman–Crippen LogP) is 8.33. The Balaban J connectivity index is 2.22. The maximum atomic E-state index is 10.0. The van der Waals surface area contributed by atoms with Crippen LogP contribution in [0.2, 0.25) is 0 Å². The van der Waals surface area contributed by atoms with Gasteiger partial charge < -0.3 is 10.2 Å². The molecular formula is C27H46O2. The van der Waals surface area contributed by atoms with Crippen LogP contribution in [0.25, 0.3) is 0 Å². The summed E-state index contributed by atoms with van der Waals surface area (Å²) in [4.78, 5) is 0. The summed E-state index contributed by atoms with van der Waals surface area (Å²) >= 11 is 0. The molecule has 0 aliphatic heterocycles. The first-order valence-corrected chi connectivity index (χ1v) is 11.9. The van der Waals surface area contributed by atoms with Crippen LogP contribution >= 0.6 is 0 Å². The Morgan fingerprint density at radius 3 is 1.93 bits per heavy atom. The van der Waals surface area contributed by atoms with Crippen LogP contribution < -0.4 is 0 Å². The summed E-state index contributed by atoms with van der Waals surface area (Å²) in [5.41, 5.74) is 2.99. The Bertz CT molecular complexity index is 615. The minimum Gasteiger partial charge on any atom is -0.508 e. The lowest BCUT2D eigenvalue weighted by atomic mass is 9.91. The third kappa shape index (κ3) is 10.8. The van der Waals surface area contributed by atoms with E-state index in [-0.39, 0.29) is 11.5 Å². The van der Waals surface area contributed by atoms with Gasteiger partial charge >= 0.3 is 0 Å². The number of hydrogen-bond acceptors (Lipinski definition) is 2. The van der Waals surface area contributed by atoms with Gasteiger partial charge in [-0.1, -0.05) is 84.3 Å². The largest absolute Gasteiger partial charge is 0.508 e. The molecule has 0 amide bonds. The monoisotopic (exact) mass is 402 g/mol. The highest BCUT2D eigenvalue weighted by molar-refractivity contribution is 5.47. The SMILES string of the molecule is CC(=CCc1c(O)ccc(O)c1C)CCCC(C)CCCC(C)CCCC(C)C. The van der Waals surface area contributed by atoms with E-state index in [1.165, 1.54) is 56.9 Å². The summed E-state index contributed by atoms with van der Waals surface area (Å²) in [6.07, 6.45) is 14.8. The molecule has 2 N–H and O–H groups in total. The van der Waals surface area contributed by atoms with Gasteiger partial charge in [0, 0.05) is 5.56 Å². The molecule has 0 radical (unpaired) electrons. The Labute approximate surface area is 180 Å². The molecule has 0 fully saturated rings. The molecule has 0 bridgehead atoms. The van der Waals surface area contributed by atoms with Crippen LogP contribution in [0.1, 0.15) is 104 Å². The smallest absolute Gasteiger partial charge is 0.119 e. The predicted molar refractivity (Wildman–Crippen MR) is 127 cm³/mol. The molecule has 0 saturated heterocycles. The number of allylic oxidation sites excluding steroid dienone is 2. The molecule has 29 heavy (non-hydrogen) atoms. The highest BCUT2D eigenvalue weighted by atomic mass is 16.3. The van der Waals surface area contributed by atoms with Gasteiger partial charge in [-0.3, -0.25) is 0 Å². The maximum Gasteiger partial charge on any atom is 0.119 e. The van der Waals surface area contributed by atoms with Crippen molar-refractivity contribution in [3.8, 4) is 11.5 Å². The summed E-state index contributed by atoms with van der Waals surface area (Å²) in [5, 5.41) is 19.9. The number of benzene rings is 1. The number of phenolic OH excluding ortho intramolecular Hbond substituents is 2. The highest BCUT2D eigenvalue weighted by Gasteiger charge is 2.09. The van der Waals surface area contributed by atoms with Crippen molar-refractivity contribution in [2.24, 2.45) is 17.8 Å². The average molecular weight is 403 g/mol. The molecule has 2 nitrogen and oxygen atoms in total. The number of hydrogen-bond donors (Lipinski definition) is 2. The van der Waals surface area contributed by atoms with Crippen LogP contribution in [0.15, 0.2) is 23.8 Å². The van der Waals surface area contributed by atoms with E-state index < -0.39 is 0 Å². The van der Waals surface area contributed by atoms with Gasteiger partial charge in [-0.05, 0) is 68.6 Å². The van der Waals surface area contributed by atoms with Crippen LogP contribution in [0.4, 0.5) is 0 Å². The molecule has 0 aliphatic rings. The van der Waals surface area contributed by atoms with Crippen molar-refractivity contribution in [1.29, 1.82) is 0 Å². The standard InChI is InChI=1S/C27H46O2/c1-20(2)10-7-11-21(3)12-8-13-22(4)14-9-15-23(5)16-17-25-24(6)26(28)18-19-27(25)29/h16,18-22,28-29H,7-15,17H2,1-6H3. The van der Waals surface area contributed by atoms with Crippen LogP contribution in [0.5, 0.6) is 11.5 Å². The third-order valence-electron chi connectivity index (χ3n) is 6.34. The molecule has 2 atom stereocenters. The molecule has 0 saturated carbocycles. The zero-order chi connectivity index (χ0) is 21.8. The lowest BCUT2D eigenvalue weighted by Gasteiger charge is -2.15. The van der Waals surface area contributed by atoms with Crippen molar-refractivity contribution in [2.45, 2.75) is 106 Å². The van der Waals surface area contributed by atoms with Crippen molar-refractivity contribution in [3.05, 3.63) is 34.9 Å². The maximum absolute atomic E-state index is 10.0. The van der Waals surface area contributed by atoms with E-state index in [2.05, 4.69) is 40.7 Å². The molecule has 0 aliphatic carbocycles. The molecule has 1 rings (SSSR count). The van der Waals surface area contributed by atoms with E-state index >= 15 is 0 Å². The van der Waals surface area contributed by atoms with Crippen LogP contribution in [0, 0.1) is 24.7 Å². The summed E-state index contributed by atoms with van der Waals surface area (Å²) in [5.74, 6) is 3.06. The van der Waals surface area contributed by atoms with Crippen molar-refractivity contribution < 1.29 is 10.2 Å². The number of phenols is 2. The Morgan fingerprint density at radius 1 is 0.828 bits per heavy atom. The van der Waals surface area contributed by atoms with E-state index in [0.29, 0.717) is 6.42 Å². The lowest BCUT2D eigenvalue weighted by Crippen LogP contribution is -2.00. The third-order valence-corrected chi connectivity index (χ3v) is 6.34. The lowest BCUT2D eigenvalue weighted by molar-refractivity contribution is 0.389. The van der Waals surface area contributed by atoms with E-state index in [1.807, 2.05) is 6.92 Å². The molecule has 1 aromatic carbocycles. The minimum atomic E-state index is 0.256. The summed E-state index contributed by atoms with van der Waals surface area (Å²) in [6, 6.07) is 3.13. The van der Waals surface area contributed by atoms with Gasteiger partial charge in [-0.25, -0.2) is 0 Å². The summed E-state index contributed by atoms with van der Waals surface area (Å²) in [7, 11) is 0. The van der Waals surface area contributed by atoms with Crippen molar-refractivity contribution in [3.63, 3.8) is 0 Å². The Morgan fingerprint density at radius 2 is 1.34 bits per heavy atom. The second-order valence-corrected chi connectivity index (χ2v) is 9.82. The first-order chi connectivity index (χ1) is 13.7. The highest BCUT2D eigenvalue weighted by Crippen LogP contribution is 2.29. The zero-order valence-corrected chi connectivity index (χ0v) is 19.9. The zero-order valence-electron chi connectivity index (χ0n) is 19.9. The van der Waals surface area contributed by atoms with Crippen molar-refractivity contribution in [1.82, 2.24) is 0 Å². The summed E-state index contributed by atoms with van der Waals surface area (Å²) < 4.78 is 0. The fourth-order valence-electron chi connectivity index (χ4n) is 4.07. The minimum absolute atomic E-state index is 0.256. The fraction of sp³-hybridized carbons (Fsp3) is 0.704. The molecule has 2 heteroatoms. The van der Waals surface area contributed by atoms with Crippen LogP contribution in [0.3, 0.4) is 0 Å². The van der Waals surface area contributed by atoms with Gasteiger partial charge in [0.1, 0.15) is 11.5 Å². The molecular weight excluding hydrogens is 356 g/mol. The average Bonchev–Trinajstić information content (AvgIpc) is 2.64. The van der Waals surface area contributed by atoms with Gasteiger partial charge in [0.2, 0.25) is 0 Å². The number of rotatable bonds is 14. The Hall–Kier alpha value is -1.44. The molecule has 2 unspecified atom stereocenters. The molecule has 0 spiro atoms. The van der Waals surface area contributed by atoms with Crippen LogP contribution in [-0.4, -0.2) is 10.2 Å². The van der Waals surface area contributed by atoms with E-state index in [4.69, 9.17) is 0 Å². The molecule has 0 aromatic heterocycles. The van der Waals surface area contributed by atoms with E-state index in [9.17, 15) is 10.2 Å². The molecule has 0 heterocycles. The van der Waals surface area contributed by atoms with Crippen LogP contribution in [-0.2, 0) is 6.42 Å². The summed E-state index contributed by atoms with van der Waals surface area (Å²) in [6.45, 7) is 13.5. The second-order valence-electron chi connectivity index (χ2n) is 9.82. The van der Waals surface area contributed by atoms with E-state index in [1.54, 1.807) is 12.1 Å². The quantitative estimate of drug-likeness (QED) is 0.242. The van der Waals surface area contributed by atoms with Gasteiger partial charge in [0.25, 0.3) is 0 Å².